The summed E-state index contributed by atoms with van der Waals surface area (Å²) in [5, 5.41) is 11.6. The van der Waals surface area contributed by atoms with Gasteiger partial charge in [0.15, 0.2) is 6.10 Å². The Bertz CT molecular complexity index is 299. The van der Waals surface area contributed by atoms with Crippen LogP contribution < -0.4 is 5.32 Å². The van der Waals surface area contributed by atoms with E-state index in [4.69, 9.17) is 14.6 Å². The van der Waals surface area contributed by atoms with Gasteiger partial charge in [0.25, 0.3) is 5.91 Å². The SMILES string of the molecule is CC(C)C[C@H](CNC(=O)C1COCCO1)CC(=O)O. The molecule has 1 rings (SSSR count). The molecule has 19 heavy (non-hydrogen) atoms. The molecule has 1 aliphatic heterocycles. The topological polar surface area (TPSA) is 84.9 Å². The minimum atomic E-state index is -0.836. The second-order valence-electron chi connectivity index (χ2n) is 5.27. The van der Waals surface area contributed by atoms with Gasteiger partial charge in [0.05, 0.1) is 19.8 Å². The lowest BCUT2D eigenvalue weighted by Gasteiger charge is -2.24. The van der Waals surface area contributed by atoms with Gasteiger partial charge in [-0.1, -0.05) is 13.8 Å². The van der Waals surface area contributed by atoms with Gasteiger partial charge in [0, 0.05) is 13.0 Å². The maximum absolute atomic E-state index is 11.8. The summed E-state index contributed by atoms with van der Waals surface area (Å²) in [4.78, 5) is 22.6. The maximum Gasteiger partial charge on any atom is 0.303 e. The predicted molar refractivity (Wildman–Crippen MR) is 68.8 cm³/mol. The number of rotatable bonds is 7. The van der Waals surface area contributed by atoms with E-state index in [-0.39, 0.29) is 24.9 Å². The van der Waals surface area contributed by atoms with Crippen molar-refractivity contribution in [2.24, 2.45) is 11.8 Å². The van der Waals surface area contributed by atoms with Crippen LogP contribution in [0.4, 0.5) is 0 Å². The molecule has 1 saturated heterocycles. The van der Waals surface area contributed by atoms with Gasteiger partial charge in [0.1, 0.15) is 0 Å². The minimum absolute atomic E-state index is 0.0500. The van der Waals surface area contributed by atoms with Gasteiger partial charge in [-0.25, -0.2) is 0 Å². The number of amides is 1. The van der Waals surface area contributed by atoms with Crippen LogP contribution >= 0.6 is 0 Å². The van der Waals surface area contributed by atoms with E-state index in [9.17, 15) is 9.59 Å². The minimum Gasteiger partial charge on any atom is -0.481 e. The van der Waals surface area contributed by atoms with E-state index < -0.39 is 12.1 Å². The molecule has 1 fully saturated rings. The van der Waals surface area contributed by atoms with Crippen LogP contribution in [0.2, 0.25) is 0 Å². The molecular formula is C13H23NO5. The van der Waals surface area contributed by atoms with Crippen LogP contribution in [0, 0.1) is 11.8 Å². The number of hydrogen-bond donors (Lipinski definition) is 2. The fraction of sp³-hybridized carbons (Fsp3) is 0.846. The Morgan fingerprint density at radius 1 is 1.37 bits per heavy atom. The Kier molecular flexibility index (Phi) is 6.80. The van der Waals surface area contributed by atoms with Crippen LogP contribution in [-0.4, -0.2) is 49.5 Å². The molecule has 2 N–H and O–H groups in total. The number of aliphatic carboxylic acids is 1. The molecule has 1 unspecified atom stereocenters. The standard InChI is InChI=1S/C13H23NO5/c1-9(2)5-10(6-12(15)16)7-14-13(17)11-8-18-3-4-19-11/h9-11H,3-8H2,1-2H3,(H,14,17)(H,15,16)/t10-,11?/m0/s1. The van der Waals surface area contributed by atoms with Crippen molar-refractivity contribution in [3.8, 4) is 0 Å². The molecule has 0 aromatic rings. The van der Waals surface area contributed by atoms with Crippen molar-refractivity contribution in [1.82, 2.24) is 5.32 Å². The van der Waals surface area contributed by atoms with E-state index in [0.717, 1.165) is 6.42 Å². The molecule has 0 saturated carbocycles. The van der Waals surface area contributed by atoms with E-state index in [2.05, 4.69) is 5.32 Å². The smallest absolute Gasteiger partial charge is 0.303 e. The fourth-order valence-electron chi connectivity index (χ4n) is 2.15. The molecule has 6 heteroatoms. The highest BCUT2D eigenvalue weighted by Gasteiger charge is 2.24. The summed E-state index contributed by atoms with van der Waals surface area (Å²) in [7, 11) is 0. The largest absolute Gasteiger partial charge is 0.481 e. The van der Waals surface area contributed by atoms with E-state index in [1.54, 1.807) is 0 Å². The zero-order chi connectivity index (χ0) is 14.3. The number of carbonyl (C=O) groups excluding carboxylic acids is 1. The van der Waals surface area contributed by atoms with Gasteiger partial charge >= 0.3 is 5.97 Å². The summed E-state index contributed by atoms with van der Waals surface area (Å²) in [6.07, 6.45) is 0.271. The molecule has 0 aliphatic carbocycles. The molecule has 1 amide bonds. The van der Waals surface area contributed by atoms with Crippen LogP contribution in [0.15, 0.2) is 0 Å². The molecule has 0 radical (unpaired) electrons. The average Bonchev–Trinajstić information content (AvgIpc) is 2.35. The number of hydrogen-bond acceptors (Lipinski definition) is 4. The molecule has 2 atom stereocenters. The monoisotopic (exact) mass is 273 g/mol. The highest BCUT2D eigenvalue weighted by Crippen LogP contribution is 2.15. The number of carboxylic acids is 1. The van der Waals surface area contributed by atoms with E-state index >= 15 is 0 Å². The van der Waals surface area contributed by atoms with Crippen molar-refractivity contribution in [2.75, 3.05) is 26.4 Å². The van der Waals surface area contributed by atoms with E-state index in [0.29, 0.717) is 25.7 Å². The molecule has 0 aromatic heterocycles. The molecule has 0 aromatic carbocycles. The lowest BCUT2D eigenvalue weighted by molar-refractivity contribution is -0.148. The molecule has 110 valence electrons. The Morgan fingerprint density at radius 2 is 2.11 bits per heavy atom. The Labute approximate surface area is 113 Å². The first-order chi connectivity index (χ1) is 8.99. The highest BCUT2D eigenvalue weighted by atomic mass is 16.6. The summed E-state index contributed by atoms with van der Waals surface area (Å²) in [6.45, 7) is 5.63. The first-order valence-corrected chi connectivity index (χ1v) is 6.68. The van der Waals surface area contributed by atoms with Crippen LogP contribution in [0.25, 0.3) is 0 Å². The quantitative estimate of drug-likeness (QED) is 0.711. The van der Waals surface area contributed by atoms with Crippen molar-refractivity contribution >= 4 is 11.9 Å². The Hall–Kier alpha value is -1.14. The highest BCUT2D eigenvalue weighted by molar-refractivity contribution is 5.81. The van der Waals surface area contributed by atoms with Crippen LogP contribution in [0.5, 0.6) is 0 Å². The van der Waals surface area contributed by atoms with Gasteiger partial charge in [0.2, 0.25) is 0 Å². The van der Waals surface area contributed by atoms with Gasteiger partial charge in [-0.05, 0) is 18.3 Å². The summed E-state index contributed by atoms with van der Waals surface area (Å²) < 4.78 is 10.4. The predicted octanol–water partition coefficient (Wildman–Crippen LogP) is 0.655. The molecular weight excluding hydrogens is 250 g/mol. The number of carbonyl (C=O) groups is 2. The van der Waals surface area contributed by atoms with Crippen molar-refractivity contribution in [3.05, 3.63) is 0 Å². The van der Waals surface area contributed by atoms with Gasteiger partial charge < -0.3 is 19.9 Å². The second kappa shape index (κ2) is 8.12. The summed E-state index contributed by atoms with van der Waals surface area (Å²) >= 11 is 0. The Balaban J connectivity index is 2.36. The lowest BCUT2D eigenvalue weighted by Crippen LogP contribution is -2.44. The second-order valence-corrected chi connectivity index (χ2v) is 5.27. The first-order valence-electron chi connectivity index (χ1n) is 6.68. The normalized spacial score (nSPS) is 21.1. The lowest BCUT2D eigenvalue weighted by atomic mass is 9.94. The van der Waals surface area contributed by atoms with E-state index in [1.165, 1.54) is 0 Å². The van der Waals surface area contributed by atoms with E-state index in [1.807, 2.05) is 13.8 Å². The van der Waals surface area contributed by atoms with Crippen molar-refractivity contribution < 1.29 is 24.2 Å². The number of ether oxygens (including phenoxy) is 2. The van der Waals surface area contributed by atoms with Gasteiger partial charge in [-0.15, -0.1) is 0 Å². The summed E-state index contributed by atoms with van der Waals surface area (Å²) in [6, 6.07) is 0. The molecule has 6 nitrogen and oxygen atoms in total. The molecule has 1 heterocycles. The maximum atomic E-state index is 11.8. The van der Waals surface area contributed by atoms with Crippen molar-refractivity contribution in [3.63, 3.8) is 0 Å². The number of nitrogens with one attached hydrogen (secondary N) is 1. The summed E-state index contributed by atoms with van der Waals surface area (Å²) in [5.74, 6) is -0.711. The third kappa shape index (κ3) is 6.54. The van der Waals surface area contributed by atoms with Crippen molar-refractivity contribution in [2.45, 2.75) is 32.8 Å². The Morgan fingerprint density at radius 3 is 2.63 bits per heavy atom. The van der Waals surface area contributed by atoms with Crippen LogP contribution in [0.1, 0.15) is 26.7 Å². The van der Waals surface area contributed by atoms with Gasteiger partial charge in [-0.3, -0.25) is 9.59 Å². The zero-order valence-electron chi connectivity index (χ0n) is 11.6. The third-order valence-electron chi connectivity index (χ3n) is 2.94. The molecule has 1 aliphatic rings. The molecule has 0 spiro atoms. The van der Waals surface area contributed by atoms with Crippen molar-refractivity contribution in [1.29, 1.82) is 0 Å². The van der Waals surface area contributed by atoms with Gasteiger partial charge in [-0.2, -0.15) is 0 Å². The third-order valence-corrected chi connectivity index (χ3v) is 2.94. The zero-order valence-corrected chi connectivity index (χ0v) is 11.6. The van der Waals surface area contributed by atoms with Crippen LogP contribution in [-0.2, 0) is 19.1 Å². The number of carboxylic acid groups (broad SMARTS) is 1. The summed E-state index contributed by atoms with van der Waals surface area (Å²) in [5.41, 5.74) is 0. The first kappa shape index (κ1) is 15.9. The van der Waals surface area contributed by atoms with Crippen LogP contribution in [0.3, 0.4) is 0 Å². The molecule has 0 bridgehead atoms. The fourth-order valence-corrected chi connectivity index (χ4v) is 2.15. The average molecular weight is 273 g/mol.